The van der Waals surface area contributed by atoms with E-state index in [1.165, 1.54) is 50.8 Å². The molecular weight excluding hydrogens is 272 g/mol. The lowest BCUT2D eigenvalue weighted by atomic mass is 9.52. The number of benzene rings is 1. The molecule has 0 unspecified atom stereocenters. The Hall–Kier alpha value is -1.06. The lowest BCUT2D eigenvalue weighted by molar-refractivity contribution is -0.0433. The molecule has 0 radical (unpaired) electrons. The number of hydrogen-bond donors (Lipinski definition) is 1. The van der Waals surface area contributed by atoms with E-state index in [4.69, 9.17) is 0 Å². The molecule has 1 aliphatic carbocycles. The summed E-state index contributed by atoms with van der Waals surface area (Å²) < 4.78 is 0. The van der Waals surface area contributed by atoms with E-state index in [-0.39, 0.29) is 11.5 Å². The van der Waals surface area contributed by atoms with Crippen molar-refractivity contribution in [3.05, 3.63) is 29.8 Å². The molecule has 5 rings (SSSR count). The summed E-state index contributed by atoms with van der Waals surface area (Å²) in [6, 6.07) is 9.56. The summed E-state index contributed by atoms with van der Waals surface area (Å²) in [7, 11) is 0. The van der Waals surface area contributed by atoms with Gasteiger partial charge < -0.3 is 0 Å². The van der Waals surface area contributed by atoms with Crippen LogP contribution in [0.5, 0.6) is 0 Å². The predicted molar refractivity (Wildman–Crippen MR) is 87.3 cm³/mol. The topological polar surface area (TPSA) is 26.7 Å². The van der Waals surface area contributed by atoms with Crippen LogP contribution in [0.3, 0.4) is 0 Å². The Bertz CT molecular complexity index is 617. The average Bonchev–Trinajstić information content (AvgIpc) is 3.08. The van der Waals surface area contributed by atoms with E-state index in [1.807, 2.05) is 0 Å². The first-order valence-electron chi connectivity index (χ1n) is 9.05. The van der Waals surface area contributed by atoms with Crippen molar-refractivity contribution in [1.29, 1.82) is 0 Å². The minimum Gasteiger partial charge on any atom is -0.299 e. The van der Waals surface area contributed by atoms with E-state index in [1.54, 1.807) is 5.06 Å². The monoisotopic (exact) mass is 298 g/mol. The highest BCUT2D eigenvalue weighted by Gasteiger charge is 2.67. The Kier molecular flexibility index (Phi) is 2.60. The van der Waals surface area contributed by atoms with Gasteiger partial charge in [-0.25, -0.2) is 0 Å². The molecule has 4 atom stereocenters. The Morgan fingerprint density at radius 3 is 2.91 bits per heavy atom. The van der Waals surface area contributed by atoms with Crippen molar-refractivity contribution in [3.63, 3.8) is 0 Å². The number of piperidine rings is 1. The van der Waals surface area contributed by atoms with E-state index in [0.29, 0.717) is 11.5 Å². The smallest absolute Gasteiger partial charge is 0.0676 e. The quantitative estimate of drug-likeness (QED) is 0.859. The largest absolute Gasteiger partial charge is 0.299 e. The Morgan fingerprint density at radius 2 is 2.05 bits per heavy atom. The second-order valence-corrected chi connectivity index (χ2v) is 7.96. The number of fused-ring (bicyclic) bond motifs is 1. The highest BCUT2D eigenvalue weighted by atomic mass is 16.5. The second kappa shape index (κ2) is 4.27. The van der Waals surface area contributed by atoms with Crippen LogP contribution in [0.4, 0.5) is 5.69 Å². The van der Waals surface area contributed by atoms with Crippen LogP contribution in [-0.4, -0.2) is 35.3 Å². The van der Waals surface area contributed by atoms with Crippen molar-refractivity contribution >= 4 is 5.69 Å². The summed E-state index contributed by atoms with van der Waals surface area (Å²) in [5.41, 5.74) is 3.14. The number of nitrogens with zero attached hydrogens (tertiary/aromatic N) is 2. The van der Waals surface area contributed by atoms with Crippen LogP contribution in [0.2, 0.25) is 0 Å². The Balaban J connectivity index is 1.74. The Morgan fingerprint density at radius 1 is 1.18 bits per heavy atom. The van der Waals surface area contributed by atoms with Crippen LogP contribution in [0.25, 0.3) is 0 Å². The molecule has 1 N–H and O–H groups in total. The van der Waals surface area contributed by atoms with Gasteiger partial charge in [0.15, 0.2) is 0 Å². The molecule has 1 saturated carbocycles. The summed E-state index contributed by atoms with van der Waals surface area (Å²) in [5, 5.41) is 12.5. The van der Waals surface area contributed by atoms with Gasteiger partial charge in [0.2, 0.25) is 0 Å². The molecule has 3 nitrogen and oxygen atoms in total. The number of para-hydroxylation sites is 1. The minimum absolute atomic E-state index is 0.167. The first kappa shape index (κ1) is 13.4. The van der Waals surface area contributed by atoms with Crippen molar-refractivity contribution in [1.82, 2.24) is 4.90 Å². The lowest BCUT2D eigenvalue weighted by Crippen LogP contribution is -2.64. The van der Waals surface area contributed by atoms with E-state index < -0.39 is 0 Å². The van der Waals surface area contributed by atoms with Gasteiger partial charge >= 0.3 is 0 Å². The van der Waals surface area contributed by atoms with Gasteiger partial charge in [-0.05, 0) is 68.7 Å². The third-order valence-electron chi connectivity index (χ3n) is 7.53. The highest BCUT2D eigenvalue weighted by molar-refractivity contribution is 5.64. The van der Waals surface area contributed by atoms with E-state index >= 15 is 0 Å². The fraction of sp³-hybridized carbons (Fsp3) is 0.684. The van der Waals surface area contributed by atoms with Gasteiger partial charge in [0, 0.05) is 11.5 Å². The van der Waals surface area contributed by atoms with Gasteiger partial charge in [0.05, 0.1) is 11.7 Å². The van der Waals surface area contributed by atoms with E-state index in [2.05, 4.69) is 36.1 Å². The molecule has 0 amide bonds. The third kappa shape index (κ3) is 1.32. The maximum Gasteiger partial charge on any atom is 0.0676 e. The molecule has 1 spiro atoms. The fourth-order valence-corrected chi connectivity index (χ4v) is 6.74. The maximum atomic E-state index is 10.9. The summed E-state index contributed by atoms with van der Waals surface area (Å²) in [4.78, 5) is 2.77. The molecule has 2 saturated heterocycles. The zero-order chi connectivity index (χ0) is 14.9. The van der Waals surface area contributed by atoms with Gasteiger partial charge in [0.1, 0.15) is 0 Å². The van der Waals surface area contributed by atoms with Crippen molar-refractivity contribution in [2.75, 3.05) is 18.2 Å². The SMILES string of the molecule is CC[C@]12CCCN3CC[C@]4(c5ccccc5N(O)[C@@H]4CC1)[C@@H]32. The van der Waals surface area contributed by atoms with Crippen molar-refractivity contribution < 1.29 is 5.21 Å². The molecule has 0 bridgehead atoms. The molecule has 1 aromatic carbocycles. The lowest BCUT2D eigenvalue weighted by Gasteiger charge is -2.58. The maximum absolute atomic E-state index is 10.9. The Labute approximate surface area is 132 Å². The van der Waals surface area contributed by atoms with Gasteiger partial charge in [-0.2, -0.15) is 0 Å². The molecule has 3 aliphatic heterocycles. The summed E-state index contributed by atoms with van der Waals surface area (Å²) in [5.74, 6) is 0. The number of hydrogen-bond acceptors (Lipinski definition) is 3. The fourth-order valence-electron chi connectivity index (χ4n) is 6.74. The number of rotatable bonds is 1. The van der Waals surface area contributed by atoms with Gasteiger partial charge in [-0.3, -0.25) is 15.2 Å². The molecule has 118 valence electrons. The highest BCUT2D eigenvalue weighted by Crippen LogP contribution is 2.64. The predicted octanol–water partition coefficient (Wildman–Crippen LogP) is 3.56. The van der Waals surface area contributed by atoms with Crippen LogP contribution in [0.1, 0.15) is 51.0 Å². The first-order valence-corrected chi connectivity index (χ1v) is 9.05. The first-order chi connectivity index (χ1) is 10.7. The summed E-state index contributed by atoms with van der Waals surface area (Å²) in [6.45, 7) is 4.87. The molecule has 3 fully saturated rings. The molecular formula is C19H26N2O. The normalized spacial score (nSPS) is 42.9. The van der Waals surface area contributed by atoms with Crippen molar-refractivity contribution in [2.24, 2.45) is 5.41 Å². The summed E-state index contributed by atoms with van der Waals surface area (Å²) in [6.07, 6.45) is 7.67. The van der Waals surface area contributed by atoms with Crippen LogP contribution in [0.15, 0.2) is 24.3 Å². The molecule has 3 heterocycles. The molecule has 3 heteroatoms. The van der Waals surface area contributed by atoms with E-state index in [9.17, 15) is 5.21 Å². The average molecular weight is 298 g/mol. The van der Waals surface area contributed by atoms with Gasteiger partial charge in [-0.15, -0.1) is 0 Å². The van der Waals surface area contributed by atoms with Crippen molar-refractivity contribution in [2.45, 2.75) is 62.9 Å². The van der Waals surface area contributed by atoms with Crippen molar-refractivity contribution in [3.8, 4) is 0 Å². The third-order valence-corrected chi connectivity index (χ3v) is 7.53. The van der Waals surface area contributed by atoms with Crippen LogP contribution in [-0.2, 0) is 5.41 Å². The molecule has 1 aromatic rings. The zero-order valence-electron chi connectivity index (χ0n) is 13.5. The summed E-state index contributed by atoms with van der Waals surface area (Å²) >= 11 is 0. The van der Waals surface area contributed by atoms with Crippen LogP contribution >= 0.6 is 0 Å². The molecule has 4 aliphatic rings. The zero-order valence-corrected chi connectivity index (χ0v) is 13.5. The van der Waals surface area contributed by atoms with E-state index in [0.717, 1.165) is 12.1 Å². The molecule has 0 aromatic heterocycles. The van der Waals surface area contributed by atoms with Gasteiger partial charge in [0.25, 0.3) is 0 Å². The second-order valence-electron chi connectivity index (χ2n) is 7.96. The van der Waals surface area contributed by atoms with Crippen LogP contribution in [0, 0.1) is 5.41 Å². The standard InChI is InChI=1S/C19H26N2O/c1-2-18-9-5-12-20-13-11-19(17(18)20)14-6-3-4-7-15(14)21(22)16(19)8-10-18/h3-4,6-7,16-17,22H,2,5,8-13H2,1H3/t16-,17+,18+,19-/m1/s1. The van der Waals surface area contributed by atoms with Crippen LogP contribution < -0.4 is 5.06 Å². The van der Waals surface area contributed by atoms with Gasteiger partial charge in [-0.1, -0.05) is 25.1 Å². The number of hydroxylamine groups is 1. The minimum atomic E-state index is 0.167. The number of anilines is 1. The molecule has 22 heavy (non-hydrogen) atoms.